The summed E-state index contributed by atoms with van der Waals surface area (Å²) in [6.45, 7) is 21.6. The largest absolute Gasteiger partial charge is 4.00 e. The third kappa shape index (κ3) is 12.2. The van der Waals surface area contributed by atoms with E-state index in [0.717, 1.165) is 67.2 Å². The van der Waals surface area contributed by atoms with Gasteiger partial charge in [-0.2, -0.15) is 49.2 Å². The molecule has 8 rings (SSSR count). The first-order valence-electron chi connectivity index (χ1n) is 19.9. The van der Waals surface area contributed by atoms with Crippen molar-refractivity contribution in [1.29, 1.82) is 0 Å². The molecule has 2 heterocycles. The third-order valence-corrected chi connectivity index (χ3v) is 9.72. The second kappa shape index (κ2) is 20.4. The summed E-state index contributed by atoms with van der Waals surface area (Å²) >= 11 is 0. The average molecular weight is 850 g/mol. The molecule has 0 atom stereocenters. The van der Waals surface area contributed by atoms with E-state index in [4.69, 9.17) is 20.6 Å². The van der Waals surface area contributed by atoms with E-state index in [1.165, 1.54) is 10.8 Å². The van der Waals surface area contributed by atoms with Gasteiger partial charge in [0.05, 0.1) is 0 Å². The number of hydrogen-bond donors (Lipinski definition) is 0. The first-order valence-corrected chi connectivity index (χ1v) is 19.9. The molecule has 0 fully saturated rings. The average Bonchev–Trinajstić information content (AvgIpc) is 3.22. The molecule has 4 nitrogen and oxygen atoms in total. The van der Waals surface area contributed by atoms with Crippen molar-refractivity contribution >= 4 is 32.9 Å². The van der Waals surface area contributed by atoms with Crippen molar-refractivity contribution in [3.05, 3.63) is 228 Å². The Labute approximate surface area is 371 Å². The summed E-state index contributed by atoms with van der Waals surface area (Å²) in [6.07, 6.45) is 0. The van der Waals surface area contributed by atoms with E-state index >= 15 is 0 Å². The van der Waals surface area contributed by atoms with Gasteiger partial charge in [0.1, 0.15) is 0 Å². The van der Waals surface area contributed by atoms with Crippen LogP contribution in [0.15, 0.2) is 170 Å². The van der Waals surface area contributed by atoms with Gasteiger partial charge >= 0.3 is 26.2 Å². The first-order chi connectivity index (χ1) is 27.9. The molecule has 0 aliphatic rings. The van der Waals surface area contributed by atoms with Gasteiger partial charge in [-0.05, 0) is 56.9 Å². The van der Waals surface area contributed by atoms with Crippen LogP contribution in [-0.2, 0) is 50.1 Å². The maximum Gasteiger partial charge on any atom is 4.00 e. The Hall–Kier alpha value is -5.64. The molecule has 0 bridgehead atoms. The molecule has 0 unspecified atom stereocenters. The molecule has 0 aliphatic carbocycles. The first kappa shape index (κ1) is 44.5. The summed E-state index contributed by atoms with van der Waals surface area (Å²) in [6, 6.07) is 58.0. The van der Waals surface area contributed by atoms with Gasteiger partial charge in [0, 0.05) is 33.6 Å². The maximum atomic E-state index is 5.21. The van der Waals surface area contributed by atoms with Crippen LogP contribution >= 0.6 is 0 Å². The summed E-state index contributed by atoms with van der Waals surface area (Å²) in [7, 11) is 0. The van der Waals surface area contributed by atoms with Crippen LogP contribution < -0.4 is 0 Å². The van der Waals surface area contributed by atoms with E-state index in [9.17, 15) is 0 Å². The van der Waals surface area contributed by atoms with Crippen molar-refractivity contribution in [3.63, 3.8) is 0 Å². The summed E-state index contributed by atoms with van der Waals surface area (Å²) < 4.78 is 0. The quantitative estimate of drug-likeness (QED) is 0.150. The Kier molecular flexibility index (Phi) is 15.3. The molecule has 6 aromatic carbocycles. The van der Waals surface area contributed by atoms with Crippen molar-refractivity contribution in [2.45, 2.75) is 65.5 Å². The van der Waals surface area contributed by atoms with Crippen LogP contribution in [0, 0.1) is 13.8 Å². The van der Waals surface area contributed by atoms with Gasteiger partial charge in [-0.1, -0.05) is 152 Å². The molecule has 0 radical (unpaired) electrons. The maximum absolute atomic E-state index is 5.21. The van der Waals surface area contributed by atoms with E-state index in [1.54, 1.807) is 0 Å². The van der Waals surface area contributed by atoms with Gasteiger partial charge in [-0.25, -0.2) is 0 Å². The summed E-state index contributed by atoms with van der Waals surface area (Å²) in [5.74, 6) is 0. The Morgan fingerprint density at radius 1 is 0.407 bits per heavy atom. The fourth-order valence-corrected chi connectivity index (χ4v) is 6.57. The fourth-order valence-electron chi connectivity index (χ4n) is 6.57. The van der Waals surface area contributed by atoms with Crippen LogP contribution in [0.3, 0.4) is 0 Å². The zero-order valence-corrected chi connectivity index (χ0v) is 37.7. The summed E-state index contributed by atoms with van der Waals surface area (Å²) in [5.41, 5.74) is 10.2. The van der Waals surface area contributed by atoms with E-state index in [2.05, 4.69) is 165 Å². The van der Waals surface area contributed by atoms with Crippen molar-refractivity contribution in [1.82, 2.24) is 9.97 Å². The third-order valence-electron chi connectivity index (χ3n) is 9.72. The molecule has 59 heavy (non-hydrogen) atoms. The van der Waals surface area contributed by atoms with Gasteiger partial charge in [0.15, 0.2) is 0 Å². The smallest absolute Gasteiger partial charge is 0.679 e. The fraction of sp³-hybridized carbons (Fsp3) is 0.185. The van der Waals surface area contributed by atoms with Crippen LogP contribution in [-0.4, -0.2) is 9.97 Å². The molecular weight excluding hydrogens is 796 g/mol. The van der Waals surface area contributed by atoms with Crippen LogP contribution in [0.5, 0.6) is 0 Å². The Balaban J connectivity index is 0.000000371. The topological polar surface area (TPSA) is 54.0 Å². The molecule has 0 N–H and O–H groups in total. The van der Waals surface area contributed by atoms with Crippen LogP contribution in [0.2, 0.25) is 0 Å². The second-order valence-electron chi connectivity index (χ2n) is 16.5. The molecular formula is C54H54N4Zr. The van der Waals surface area contributed by atoms with Gasteiger partial charge in [0.2, 0.25) is 0 Å². The van der Waals surface area contributed by atoms with Crippen molar-refractivity contribution in [2.75, 3.05) is 0 Å². The number of benzene rings is 6. The molecule has 8 aromatic rings. The predicted molar refractivity (Wildman–Crippen MR) is 248 cm³/mol. The zero-order chi connectivity index (χ0) is 41.1. The number of nitrogens with zero attached hydrogens (tertiary/aromatic N) is 4. The Bertz CT molecular complexity index is 2370. The van der Waals surface area contributed by atoms with E-state index in [1.807, 2.05) is 60.7 Å². The minimum absolute atomic E-state index is 0. The number of rotatable bonds is 7. The molecule has 0 spiro atoms. The van der Waals surface area contributed by atoms with E-state index < -0.39 is 0 Å². The Morgan fingerprint density at radius 2 is 0.763 bits per heavy atom. The SMILES string of the molecule is CC(C)(C)c1cccc(C[N-]c2ccc3ccccc3c2-c2c([N-]Cc3cccc(C(C)(C)C)n3)ccc3ccccc23)n1.[CH2-]c1ccccc1.[CH2-]c1ccccc1.[Zr+4]. The monoisotopic (exact) mass is 848 g/mol. The molecule has 0 saturated carbocycles. The van der Waals surface area contributed by atoms with Crippen LogP contribution in [0.4, 0.5) is 11.4 Å². The number of hydrogen-bond acceptors (Lipinski definition) is 2. The minimum atomic E-state index is -0.0231. The van der Waals surface area contributed by atoms with Gasteiger partial charge in [-0.3, -0.25) is 9.97 Å². The van der Waals surface area contributed by atoms with Gasteiger partial charge < -0.3 is 10.6 Å². The van der Waals surface area contributed by atoms with Gasteiger partial charge in [-0.15, -0.1) is 35.6 Å². The van der Waals surface area contributed by atoms with Crippen molar-refractivity contribution in [3.8, 4) is 11.1 Å². The molecule has 0 saturated heterocycles. The minimum Gasteiger partial charge on any atom is -0.679 e. The predicted octanol–water partition coefficient (Wildman–Crippen LogP) is 15.2. The number of pyridine rings is 2. The van der Waals surface area contributed by atoms with E-state index in [-0.39, 0.29) is 37.0 Å². The Morgan fingerprint density at radius 3 is 1.10 bits per heavy atom. The van der Waals surface area contributed by atoms with Crippen molar-refractivity contribution in [2.24, 2.45) is 0 Å². The normalized spacial score (nSPS) is 11.0. The molecule has 0 aliphatic heterocycles. The standard InChI is InChI=1S/C40H40N4.2C7H7.Zr/c1-39(2,3)35-19-11-15-29(43-35)25-41-33-23-21-27-13-7-9-17-31(27)37(33)38-32-18-10-8-14-28(32)22-24-34(38)42-26-30-16-12-20-36(44-30)40(4,5)6;2*1-7-5-3-2-4-6-7;/h7-24H,25-26H2,1-6H3;2*2-6H,1H2;/q-2;2*-1;+4. The summed E-state index contributed by atoms with van der Waals surface area (Å²) in [4.78, 5) is 9.92. The zero-order valence-electron chi connectivity index (χ0n) is 35.3. The summed E-state index contributed by atoms with van der Waals surface area (Å²) in [5, 5.41) is 15.1. The molecule has 2 aromatic heterocycles. The van der Waals surface area contributed by atoms with Crippen molar-refractivity contribution < 1.29 is 26.2 Å². The number of fused-ring (bicyclic) bond motifs is 2. The van der Waals surface area contributed by atoms with Crippen LogP contribution in [0.1, 0.15) is 75.4 Å². The van der Waals surface area contributed by atoms with E-state index in [0.29, 0.717) is 13.1 Å². The second-order valence-corrected chi connectivity index (χ2v) is 16.5. The number of aromatic nitrogens is 2. The molecule has 0 amide bonds. The molecule has 5 heteroatoms. The molecule has 294 valence electrons. The van der Waals surface area contributed by atoms with Gasteiger partial charge in [0.25, 0.3) is 0 Å². The van der Waals surface area contributed by atoms with Crippen LogP contribution in [0.25, 0.3) is 43.3 Å².